The average Bonchev–Trinajstić information content (AvgIpc) is 2.38. The Hall–Kier alpha value is -0.510. The summed E-state index contributed by atoms with van der Waals surface area (Å²) in [5.74, 6) is 1.51. The molecule has 0 heterocycles. The second-order valence-electron chi connectivity index (χ2n) is 5.02. The van der Waals surface area contributed by atoms with Gasteiger partial charge >= 0.3 is 0 Å². The maximum Gasteiger partial charge on any atom is 0.120 e. The Bertz CT molecular complexity index is 432. The van der Waals surface area contributed by atoms with Crippen molar-refractivity contribution >= 4 is 27.5 Å². The number of ether oxygens (including phenoxy) is 1. The Kier molecular flexibility index (Phi) is 7.51. The van der Waals surface area contributed by atoms with Gasteiger partial charge in [0.2, 0.25) is 0 Å². The first-order valence-corrected chi connectivity index (χ1v) is 7.63. The van der Waals surface area contributed by atoms with Gasteiger partial charge in [0.15, 0.2) is 0 Å². The molecule has 1 aromatic carbocycles. The highest BCUT2D eigenvalue weighted by Crippen LogP contribution is 2.23. The van der Waals surface area contributed by atoms with Crippen LogP contribution in [-0.4, -0.2) is 13.2 Å². The van der Waals surface area contributed by atoms with E-state index < -0.39 is 0 Å². The second kappa shape index (κ2) is 8.62. The third kappa shape index (κ3) is 6.46. The lowest BCUT2D eigenvalue weighted by Crippen LogP contribution is -2.19. The highest BCUT2D eigenvalue weighted by molar-refractivity contribution is 9.10. The monoisotopic (exact) mass is 345 g/mol. The van der Waals surface area contributed by atoms with Crippen LogP contribution in [-0.2, 0) is 6.54 Å². The zero-order chi connectivity index (χ0) is 14.3. The Labute approximate surface area is 129 Å². The number of halogens is 2. The van der Waals surface area contributed by atoms with E-state index in [1.54, 1.807) is 5.54 Å². The van der Waals surface area contributed by atoms with Crippen molar-refractivity contribution in [2.45, 2.75) is 27.3 Å². The quantitative estimate of drug-likeness (QED) is 0.771. The standard InChI is InChI=1S/C15H21BrClNO/c1-11(2)8-18-9-13-6-14(4-5-15(13)16)19-10-12(3)7-17/h4-7,11,18H,8-10H2,1-3H3/b12-7+. The van der Waals surface area contributed by atoms with Crippen LogP contribution in [0.4, 0.5) is 0 Å². The van der Waals surface area contributed by atoms with Gasteiger partial charge in [-0.05, 0) is 48.7 Å². The van der Waals surface area contributed by atoms with E-state index in [4.69, 9.17) is 16.3 Å². The molecule has 19 heavy (non-hydrogen) atoms. The summed E-state index contributed by atoms with van der Waals surface area (Å²) >= 11 is 9.18. The van der Waals surface area contributed by atoms with Gasteiger partial charge in [-0.25, -0.2) is 0 Å². The van der Waals surface area contributed by atoms with Crippen molar-refractivity contribution in [1.82, 2.24) is 5.32 Å². The van der Waals surface area contributed by atoms with Gasteiger partial charge in [-0.2, -0.15) is 0 Å². The van der Waals surface area contributed by atoms with Gasteiger partial charge in [-0.15, -0.1) is 0 Å². The maximum absolute atomic E-state index is 5.68. The van der Waals surface area contributed by atoms with Gasteiger partial charge < -0.3 is 10.1 Å². The summed E-state index contributed by atoms with van der Waals surface area (Å²) in [5, 5.41) is 3.43. The molecule has 0 radical (unpaired) electrons. The molecule has 1 rings (SSSR count). The number of rotatable bonds is 7. The molecule has 0 bridgehead atoms. The van der Waals surface area contributed by atoms with Crippen LogP contribution >= 0.6 is 27.5 Å². The molecule has 0 fully saturated rings. The zero-order valence-corrected chi connectivity index (χ0v) is 14.0. The van der Waals surface area contributed by atoms with Gasteiger partial charge in [0, 0.05) is 16.6 Å². The van der Waals surface area contributed by atoms with Crippen molar-refractivity contribution in [3.63, 3.8) is 0 Å². The highest BCUT2D eigenvalue weighted by Gasteiger charge is 2.03. The largest absolute Gasteiger partial charge is 0.489 e. The highest BCUT2D eigenvalue weighted by atomic mass is 79.9. The minimum Gasteiger partial charge on any atom is -0.489 e. The fourth-order valence-corrected chi connectivity index (χ4v) is 1.95. The molecule has 0 saturated heterocycles. The van der Waals surface area contributed by atoms with E-state index in [0.29, 0.717) is 12.5 Å². The van der Waals surface area contributed by atoms with Crippen LogP contribution < -0.4 is 10.1 Å². The van der Waals surface area contributed by atoms with E-state index in [-0.39, 0.29) is 0 Å². The van der Waals surface area contributed by atoms with Gasteiger partial charge in [-0.1, -0.05) is 41.4 Å². The summed E-state index contributed by atoms with van der Waals surface area (Å²) in [7, 11) is 0. The summed E-state index contributed by atoms with van der Waals surface area (Å²) < 4.78 is 6.78. The van der Waals surface area contributed by atoms with Crippen molar-refractivity contribution in [3.05, 3.63) is 39.3 Å². The molecule has 0 aliphatic carbocycles. The first-order chi connectivity index (χ1) is 9.02. The molecule has 2 nitrogen and oxygen atoms in total. The molecule has 106 valence electrons. The summed E-state index contributed by atoms with van der Waals surface area (Å²) in [6, 6.07) is 6.03. The van der Waals surface area contributed by atoms with E-state index in [1.165, 1.54) is 5.56 Å². The van der Waals surface area contributed by atoms with Crippen LogP contribution in [0.1, 0.15) is 26.3 Å². The molecule has 1 N–H and O–H groups in total. The summed E-state index contributed by atoms with van der Waals surface area (Å²) in [4.78, 5) is 0. The number of benzene rings is 1. The molecule has 0 spiro atoms. The summed E-state index contributed by atoms with van der Waals surface area (Å²) in [6.07, 6.45) is 0. The van der Waals surface area contributed by atoms with E-state index >= 15 is 0 Å². The lowest BCUT2D eigenvalue weighted by molar-refractivity contribution is 0.352. The minimum absolute atomic E-state index is 0.518. The normalized spacial score (nSPS) is 12.0. The Morgan fingerprint density at radius 1 is 1.47 bits per heavy atom. The van der Waals surface area contributed by atoms with Crippen LogP contribution in [0.15, 0.2) is 33.8 Å². The summed E-state index contributed by atoms with van der Waals surface area (Å²) in [6.45, 7) is 8.69. The molecule has 4 heteroatoms. The first kappa shape index (κ1) is 16.5. The third-order valence-electron chi connectivity index (χ3n) is 2.54. The van der Waals surface area contributed by atoms with Crippen molar-refractivity contribution in [1.29, 1.82) is 0 Å². The fraction of sp³-hybridized carbons (Fsp3) is 0.467. The molecule has 0 aliphatic heterocycles. The maximum atomic E-state index is 5.68. The SMILES string of the molecule is C/C(=C\Cl)COc1ccc(Br)c(CNCC(C)C)c1. The van der Waals surface area contributed by atoms with E-state index in [0.717, 1.165) is 28.9 Å². The van der Waals surface area contributed by atoms with Crippen LogP contribution in [0.25, 0.3) is 0 Å². The van der Waals surface area contributed by atoms with Crippen molar-refractivity contribution < 1.29 is 4.74 Å². The summed E-state index contributed by atoms with van der Waals surface area (Å²) in [5.41, 5.74) is 3.75. The van der Waals surface area contributed by atoms with E-state index in [2.05, 4.69) is 41.2 Å². The van der Waals surface area contributed by atoms with Crippen LogP contribution in [0, 0.1) is 5.92 Å². The number of hydrogen-bond acceptors (Lipinski definition) is 2. The molecule has 0 atom stereocenters. The van der Waals surface area contributed by atoms with Crippen molar-refractivity contribution in [2.24, 2.45) is 5.92 Å². The molecule has 0 aliphatic rings. The van der Waals surface area contributed by atoms with Gasteiger partial charge in [0.25, 0.3) is 0 Å². The van der Waals surface area contributed by atoms with Crippen molar-refractivity contribution in [3.8, 4) is 5.75 Å². The minimum atomic E-state index is 0.518. The number of hydrogen-bond donors (Lipinski definition) is 1. The smallest absolute Gasteiger partial charge is 0.120 e. The van der Waals surface area contributed by atoms with Gasteiger partial charge in [0.1, 0.15) is 12.4 Å². The fourth-order valence-electron chi connectivity index (χ4n) is 1.50. The molecule has 0 amide bonds. The Morgan fingerprint density at radius 2 is 2.21 bits per heavy atom. The lowest BCUT2D eigenvalue weighted by Gasteiger charge is -2.12. The molecular weight excluding hydrogens is 326 g/mol. The molecule has 0 saturated carbocycles. The molecule has 0 aromatic heterocycles. The topological polar surface area (TPSA) is 21.3 Å². The van der Waals surface area contributed by atoms with Crippen LogP contribution in [0.2, 0.25) is 0 Å². The van der Waals surface area contributed by atoms with E-state index in [1.807, 2.05) is 19.1 Å². The molecule has 1 aromatic rings. The molecule has 0 unspecified atom stereocenters. The van der Waals surface area contributed by atoms with Gasteiger partial charge in [-0.3, -0.25) is 0 Å². The predicted octanol–water partition coefficient (Wildman–Crippen LogP) is 4.72. The van der Waals surface area contributed by atoms with Crippen LogP contribution in [0.3, 0.4) is 0 Å². The second-order valence-corrected chi connectivity index (χ2v) is 6.09. The molecular formula is C15H21BrClNO. The van der Waals surface area contributed by atoms with E-state index in [9.17, 15) is 0 Å². The van der Waals surface area contributed by atoms with Crippen molar-refractivity contribution in [2.75, 3.05) is 13.2 Å². The number of nitrogens with one attached hydrogen (secondary N) is 1. The average molecular weight is 347 g/mol. The Balaban J connectivity index is 2.60. The lowest BCUT2D eigenvalue weighted by atomic mass is 10.2. The van der Waals surface area contributed by atoms with Crippen LogP contribution in [0.5, 0.6) is 5.75 Å². The zero-order valence-electron chi connectivity index (χ0n) is 11.7. The first-order valence-electron chi connectivity index (χ1n) is 6.40. The predicted molar refractivity (Wildman–Crippen MR) is 85.8 cm³/mol. The third-order valence-corrected chi connectivity index (χ3v) is 3.68. The Morgan fingerprint density at radius 3 is 2.84 bits per heavy atom. The van der Waals surface area contributed by atoms with Gasteiger partial charge in [0.05, 0.1) is 0 Å².